The number of carbonyl (C=O) groups excluding carboxylic acids is 2. The second-order valence-electron chi connectivity index (χ2n) is 4.49. The van der Waals surface area contributed by atoms with Crippen molar-refractivity contribution < 1.29 is 14.3 Å². The average Bonchev–Trinajstić information content (AvgIpc) is 2.27. The number of amides is 2. The van der Waals surface area contributed by atoms with Crippen LogP contribution < -0.4 is 5.32 Å². The zero-order valence-electron chi connectivity index (χ0n) is 10.1. The van der Waals surface area contributed by atoms with E-state index in [0.717, 1.165) is 13.1 Å². The topological polar surface area (TPSA) is 61.9 Å². The minimum Gasteiger partial charge on any atom is -0.375 e. The van der Waals surface area contributed by atoms with E-state index in [-0.39, 0.29) is 24.3 Å². The Bertz CT molecular complexity index is 296. The van der Waals surface area contributed by atoms with Gasteiger partial charge in [0.15, 0.2) is 0 Å². The number of ether oxygens (including phenoxy) is 1. The van der Waals surface area contributed by atoms with Gasteiger partial charge in [-0.15, -0.1) is 0 Å². The van der Waals surface area contributed by atoms with Crippen molar-refractivity contribution in [3.05, 3.63) is 0 Å². The van der Waals surface area contributed by atoms with E-state index in [4.69, 9.17) is 4.74 Å². The van der Waals surface area contributed by atoms with Crippen LogP contribution in [-0.4, -0.2) is 74.6 Å². The van der Waals surface area contributed by atoms with E-state index in [9.17, 15) is 9.59 Å². The van der Waals surface area contributed by atoms with Crippen LogP contribution in [-0.2, 0) is 14.3 Å². The van der Waals surface area contributed by atoms with E-state index in [1.165, 1.54) is 7.11 Å². The SMILES string of the molecule is COCC(=O)N1CCN(C(=O)C2CNC2)CC1. The summed E-state index contributed by atoms with van der Waals surface area (Å²) in [5, 5.41) is 3.10. The summed E-state index contributed by atoms with van der Waals surface area (Å²) in [6.45, 7) is 4.24. The molecule has 2 fully saturated rings. The summed E-state index contributed by atoms with van der Waals surface area (Å²) in [5.41, 5.74) is 0. The Morgan fingerprint density at radius 1 is 1.18 bits per heavy atom. The maximum absolute atomic E-state index is 11.9. The zero-order chi connectivity index (χ0) is 12.3. The van der Waals surface area contributed by atoms with Crippen LogP contribution in [0.15, 0.2) is 0 Å². The van der Waals surface area contributed by atoms with Gasteiger partial charge in [0.1, 0.15) is 6.61 Å². The minimum absolute atomic E-state index is 0.00455. The molecule has 0 unspecified atom stereocenters. The van der Waals surface area contributed by atoms with Gasteiger partial charge in [0.05, 0.1) is 5.92 Å². The molecule has 1 N–H and O–H groups in total. The fraction of sp³-hybridized carbons (Fsp3) is 0.818. The molecule has 2 amide bonds. The maximum Gasteiger partial charge on any atom is 0.248 e. The number of methoxy groups -OCH3 is 1. The van der Waals surface area contributed by atoms with Gasteiger partial charge in [-0.3, -0.25) is 9.59 Å². The molecule has 96 valence electrons. The molecule has 0 aromatic carbocycles. The third-order valence-electron chi connectivity index (χ3n) is 3.34. The summed E-state index contributed by atoms with van der Waals surface area (Å²) in [6, 6.07) is 0. The monoisotopic (exact) mass is 241 g/mol. The molecular formula is C11H19N3O3. The van der Waals surface area contributed by atoms with Gasteiger partial charge in [0, 0.05) is 46.4 Å². The van der Waals surface area contributed by atoms with Gasteiger partial charge in [0.2, 0.25) is 11.8 Å². The summed E-state index contributed by atoms with van der Waals surface area (Å²) in [5.74, 6) is 0.378. The lowest BCUT2D eigenvalue weighted by molar-refractivity contribution is -0.144. The highest BCUT2D eigenvalue weighted by Gasteiger charge is 2.31. The smallest absolute Gasteiger partial charge is 0.248 e. The number of hydrogen-bond donors (Lipinski definition) is 1. The van der Waals surface area contributed by atoms with Crippen LogP contribution in [0, 0.1) is 5.92 Å². The molecule has 17 heavy (non-hydrogen) atoms. The van der Waals surface area contributed by atoms with Gasteiger partial charge < -0.3 is 19.9 Å². The largest absolute Gasteiger partial charge is 0.375 e. The van der Waals surface area contributed by atoms with Gasteiger partial charge in [-0.1, -0.05) is 0 Å². The summed E-state index contributed by atoms with van der Waals surface area (Å²) in [7, 11) is 1.52. The first-order valence-electron chi connectivity index (χ1n) is 5.98. The number of hydrogen-bond acceptors (Lipinski definition) is 4. The van der Waals surface area contributed by atoms with Crippen LogP contribution in [0.2, 0.25) is 0 Å². The molecule has 0 bridgehead atoms. The van der Waals surface area contributed by atoms with Crippen molar-refractivity contribution in [3.8, 4) is 0 Å². The van der Waals surface area contributed by atoms with E-state index < -0.39 is 0 Å². The zero-order valence-corrected chi connectivity index (χ0v) is 10.1. The number of nitrogens with zero attached hydrogens (tertiary/aromatic N) is 2. The highest BCUT2D eigenvalue weighted by molar-refractivity contribution is 5.81. The molecule has 6 nitrogen and oxygen atoms in total. The molecule has 2 aliphatic rings. The standard InChI is InChI=1S/C11H19N3O3/c1-17-8-10(15)13-2-4-14(5-3-13)11(16)9-6-12-7-9/h9,12H,2-8H2,1H3. The number of piperazine rings is 1. The van der Waals surface area contributed by atoms with Crippen molar-refractivity contribution in [2.75, 3.05) is 53.0 Å². The third-order valence-corrected chi connectivity index (χ3v) is 3.34. The van der Waals surface area contributed by atoms with E-state index in [1.54, 1.807) is 4.90 Å². The van der Waals surface area contributed by atoms with E-state index >= 15 is 0 Å². The normalized spacial score (nSPS) is 21.2. The first-order valence-corrected chi connectivity index (χ1v) is 5.98. The molecule has 2 saturated heterocycles. The quantitative estimate of drug-likeness (QED) is 0.655. The van der Waals surface area contributed by atoms with E-state index in [2.05, 4.69) is 5.32 Å². The summed E-state index contributed by atoms with van der Waals surface area (Å²) in [6.07, 6.45) is 0. The van der Waals surface area contributed by atoms with Gasteiger partial charge in [0.25, 0.3) is 0 Å². The molecular weight excluding hydrogens is 222 g/mol. The average molecular weight is 241 g/mol. The highest BCUT2D eigenvalue weighted by atomic mass is 16.5. The molecule has 0 aromatic heterocycles. The predicted molar refractivity (Wildman–Crippen MR) is 61.4 cm³/mol. The fourth-order valence-electron chi connectivity index (χ4n) is 2.11. The Balaban J connectivity index is 1.77. The van der Waals surface area contributed by atoms with Gasteiger partial charge in [-0.05, 0) is 0 Å². The Hall–Kier alpha value is -1.14. The van der Waals surface area contributed by atoms with Crippen LogP contribution >= 0.6 is 0 Å². The molecule has 0 saturated carbocycles. The van der Waals surface area contributed by atoms with Gasteiger partial charge in [-0.2, -0.15) is 0 Å². The van der Waals surface area contributed by atoms with Crippen molar-refractivity contribution in [2.24, 2.45) is 5.92 Å². The van der Waals surface area contributed by atoms with Crippen molar-refractivity contribution in [1.29, 1.82) is 0 Å². The predicted octanol–water partition coefficient (Wildman–Crippen LogP) is -1.48. The second kappa shape index (κ2) is 5.46. The van der Waals surface area contributed by atoms with Crippen molar-refractivity contribution in [1.82, 2.24) is 15.1 Å². The Morgan fingerprint density at radius 3 is 2.24 bits per heavy atom. The molecule has 0 spiro atoms. The summed E-state index contributed by atoms with van der Waals surface area (Å²) < 4.78 is 4.82. The lowest BCUT2D eigenvalue weighted by atomic mass is 10.0. The van der Waals surface area contributed by atoms with Crippen molar-refractivity contribution in [3.63, 3.8) is 0 Å². The maximum atomic E-state index is 11.9. The van der Waals surface area contributed by atoms with Gasteiger partial charge in [-0.25, -0.2) is 0 Å². The van der Waals surface area contributed by atoms with Crippen LogP contribution in [0.3, 0.4) is 0 Å². The van der Waals surface area contributed by atoms with Crippen molar-refractivity contribution >= 4 is 11.8 Å². The van der Waals surface area contributed by atoms with Crippen molar-refractivity contribution in [2.45, 2.75) is 0 Å². The summed E-state index contributed by atoms with van der Waals surface area (Å²) >= 11 is 0. The highest BCUT2D eigenvalue weighted by Crippen LogP contribution is 2.11. The molecule has 0 atom stereocenters. The molecule has 2 aliphatic heterocycles. The Labute approximate surface area is 101 Å². The van der Waals surface area contributed by atoms with Crippen LogP contribution in [0.1, 0.15) is 0 Å². The lowest BCUT2D eigenvalue weighted by Crippen LogP contribution is -2.57. The number of nitrogens with one attached hydrogen (secondary N) is 1. The van der Waals surface area contributed by atoms with E-state index in [0.29, 0.717) is 26.2 Å². The molecule has 2 heterocycles. The second-order valence-corrected chi connectivity index (χ2v) is 4.49. The Kier molecular flexibility index (Phi) is 3.96. The van der Waals surface area contributed by atoms with Crippen LogP contribution in [0.4, 0.5) is 0 Å². The first kappa shape index (κ1) is 12.3. The molecule has 2 rings (SSSR count). The number of rotatable bonds is 3. The van der Waals surface area contributed by atoms with E-state index in [1.807, 2.05) is 4.90 Å². The minimum atomic E-state index is 0.00455. The third kappa shape index (κ3) is 2.76. The molecule has 0 radical (unpaired) electrons. The van der Waals surface area contributed by atoms with Gasteiger partial charge >= 0.3 is 0 Å². The molecule has 6 heteroatoms. The first-order chi connectivity index (χ1) is 8.22. The summed E-state index contributed by atoms with van der Waals surface area (Å²) in [4.78, 5) is 27.1. The Morgan fingerprint density at radius 2 is 1.76 bits per heavy atom. The van der Waals surface area contributed by atoms with Crippen LogP contribution in [0.5, 0.6) is 0 Å². The van der Waals surface area contributed by atoms with Crippen LogP contribution in [0.25, 0.3) is 0 Å². The fourth-order valence-corrected chi connectivity index (χ4v) is 2.11. The molecule has 0 aliphatic carbocycles. The number of carbonyl (C=O) groups is 2. The molecule has 0 aromatic rings. The lowest BCUT2D eigenvalue weighted by Gasteiger charge is -2.38.